The third kappa shape index (κ3) is 2.57. The van der Waals surface area contributed by atoms with Gasteiger partial charge in [0.1, 0.15) is 6.61 Å². The molecule has 3 fully saturated rings. The number of methoxy groups -OCH3 is 1. The van der Waals surface area contributed by atoms with Crippen LogP contribution < -0.4 is 16.4 Å². The van der Waals surface area contributed by atoms with Crippen molar-refractivity contribution in [1.82, 2.24) is 15.5 Å². The van der Waals surface area contributed by atoms with Crippen molar-refractivity contribution in [2.45, 2.75) is 43.7 Å². The second-order valence-electron chi connectivity index (χ2n) is 8.44. The molecule has 0 aromatic carbocycles. The fourth-order valence-electron chi connectivity index (χ4n) is 5.52. The van der Waals surface area contributed by atoms with Crippen LogP contribution in [0.25, 0.3) is 0 Å². The van der Waals surface area contributed by atoms with E-state index < -0.39 is 17.7 Å². The van der Waals surface area contributed by atoms with Crippen LogP contribution in [0.3, 0.4) is 0 Å². The van der Waals surface area contributed by atoms with Gasteiger partial charge in [0.05, 0.1) is 29.5 Å². The molecule has 0 aromatic rings. The summed E-state index contributed by atoms with van der Waals surface area (Å²) in [7, 11) is 1.55. The molecular formula is C20H26N4O6. The molecule has 1 amide bonds. The smallest absolute Gasteiger partial charge is 0.404 e. The summed E-state index contributed by atoms with van der Waals surface area (Å²) in [5.74, 6) is -1.09. The number of primary amides is 1. The molecule has 0 saturated carbocycles. The Labute approximate surface area is 173 Å². The highest BCUT2D eigenvalue weighted by Gasteiger charge is 2.72. The van der Waals surface area contributed by atoms with Crippen LogP contribution in [0, 0.1) is 5.92 Å². The van der Waals surface area contributed by atoms with Crippen molar-refractivity contribution in [2.24, 2.45) is 11.7 Å². The van der Waals surface area contributed by atoms with Crippen molar-refractivity contribution >= 4 is 17.7 Å². The first kappa shape index (κ1) is 19.5. The molecule has 0 bridgehead atoms. The number of nitrogens with one attached hydrogen (secondary N) is 2. The molecule has 4 heterocycles. The maximum Gasteiger partial charge on any atom is 0.404 e. The quantitative estimate of drug-likeness (QED) is 0.372. The van der Waals surface area contributed by atoms with Gasteiger partial charge in [-0.25, -0.2) is 4.79 Å². The summed E-state index contributed by atoms with van der Waals surface area (Å²) in [5, 5.41) is 6.49. The first-order valence-electron chi connectivity index (χ1n) is 10.3. The molecule has 0 aromatic heterocycles. The summed E-state index contributed by atoms with van der Waals surface area (Å²) in [6, 6.07) is 0.111. The highest BCUT2D eigenvalue weighted by Crippen LogP contribution is 2.55. The molecule has 4 aliphatic heterocycles. The van der Waals surface area contributed by atoms with Crippen molar-refractivity contribution < 1.29 is 28.6 Å². The molecule has 10 nitrogen and oxygen atoms in total. The molecule has 5 atom stereocenters. The van der Waals surface area contributed by atoms with Crippen molar-refractivity contribution in [2.75, 3.05) is 33.4 Å². The van der Waals surface area contributed by atoms with E-state index in [4.69, 9.17) is 19.9 Å². The van der Waals surface area contributed by atoms with Crippen LogP contribution in [0.2, 0.25) is 0 Å². The second kappa shape index (κ2) is 6.79. The van der Waals surface area contributed by atoms with E-state index in [1.165, 1.54) is 0 Å². The fraction of sp³-hybridized carbons (Fsp3) is 0.650. The molecule has 1 aliphatic carbocycles. The minimum absolute atomic E-state index is 0.0195. The van der Waals surface area contributed by atoms with Gasteiger partial charge in [-0.1, -0.05) is 0 Å². The minimum atomic E-state index is -0.958. The van der Waals surface area contributed by atoms with Gasteiger partial charge in [-0.15, -0.1) is 0 Å². The van der Waals surface area contributed by atoms with Crippen LogP contribution >= 0.6 is 0 Å². The molecule has 3 saturated heterocycles. The summed E-state index contributed by atoms with van der Waals surface area (Å²) < 4.78 is 16.7. The van der Waals surface area contributed by atoms with Gasteiger partial charge < -0.3 is 35.5 Å². The van der Waals surface area contributed by atoms with Gasteiger partial charge in [0.25, 0.3) is 0 Å². The van der Waals surface area contributed by atoms with Gasteiger partial charge in [-0.3, -0.25) is 9.59 Å². The number of fused-ring (bicyclic) bond motifs is 4. The zero-order valence-electron chi connectivity index (χ0n) is 17.0. The SMILES string of the molecule is CO[C@@]12[C@H](COC(N)=O)C3=C(C(=O)C(C)=C(NCC4CCCO4)C3=O)N1C[C@@H]1N[C@@H]12. The highest BCUT2D eigenvalue weighted by atomic mass is 16.6. The van der Waals surface area contributed by atoms with Crippen LogP contribution in [-0.2, 0) is 23.8 Å². The average Bonchev–Trinajstić information content (AvgIpc) is 3.08. The monoisotopic (exact) mass is 418 g/mol. The van der Waals surface area contributed by atoms with Crippen LogP contribution in [0.1, 0.15) is 19.8 Å². The number of allylic oxidation sites excluding steroid dienone is 2. The number of piperazine rings is 1. The molecule has 0 radical (unpaired) electrons. The number of amides is 1. The van der Waals surface area contributed by atoms with Gasteiger partial charge in [-0.2, -0.15) is 0 Å². The number of nitrogens with zero attached hydrogens (tertiary/aromatic N) is 1. The molecule has 5 aliphatic rings. The third-order valence-corrected chi connectivity index (χ3v) is 6.96. The topological polar surface area (TPSA) is 142 Å². The Hall–Kier alpha value is -2.43. The number of hydrogen-bond donors (Lipinski definition) is 3. The first-order valence-corrected chi connectivity index (χ1v) is 10.3. The van der Waals surface area contributed by atoms with Gasteiger partial charge >= 0.3 is 6.09 Å². The van der Waals surface area contributed by atoms with Crippen LogP contribution in [-0.4, -0.2) is 79.9 Å². The normalized spacial score (nSPS) is 36.8. The summed E-state index contributed by atoms with van der Waals surface area (Å²) in [6.07, 6.45) is 0.990. The Bertz CT molecular complexity index is 892. The van der Waals surface area contributed by atoms with Crippen molar-refractivity contribution in [3.05, 3.63) is 22.5 Å². The lowest BCUT2D eigenvalue weighted by Crippen LogP contribution is -2.55. The third-order valence-electron chi connectivity index (χ3n) is 6.96. The molecule has 0 spiro atoms. The highest BCUT2D eigenvalue weighted by molar-refractivity contribution is 6.25. The van der Waals surface area contributed by atoms with E-state index in [-0.39, 0.29) is 42.1 Å². The zero-order chi connectivity index (χ0) is 21.2. The lowest BCUT2D eigenvalue weighted by molar-refractivity contribution is -0.137. The molecular weight excluding hydrogens is 392 g/mol. The van der Waals surface area contributed by atoms with Crippen molar-refractivity contribution in [3.8, 4) is 0 Å². The van der Waals surface area contributed by atoms with Gasteiger partial charge in [-0.05, 0) is 19.8 Å². The van der Waals surface area contributed by atoms with E-state index in [0.29, 0.717) is 36.5 Å². The number of Topliss-reactive ketones (excluding diaryl/α,β-unsaturated/α-hetero) is 2. The number of nitrogens with two attached hydrogens (primary N) is 1. The standard InChI is InChI=1S/C20H26N4O6/c1-9-14(22-6-10-4-3-5-29-10)17(26)13-11(8-30-19(21)27)20(28-2)18-12(23-18)7-24(20)15(13)16(9)25/h10-12,18,22-23H,3-8H2,1-2H3,(H2,21,27)/t10?,11-,12+,18+,20-/m1/s1. The van der Waals surface area contributed by atoms with Gasteiger partial charge in [0.2, 0.25) is 11.6 Å². The minimum Gasteiger partial charge on any atom is -0.449 e. The van der Waals surface area contributed by atoms with Crippen molar-refractivity contribution in [3.63, 3.8) is 0 Å². The predicted molar refractivity (Wildman–Crippen MR) is 103 cm³/mol. The second-order valence-corrected chi connectivity index (χ2v) is 8.44. The number of hydrogen-bond acceptors (Lipinski definition) is 9. The summed E-state index contributed by atoms with van der Waals surface area (Å²) in [4.78, 5) is 40.2. The molecule has 1 unspecified atom stereocenters. The van der Waals surface area contributed by atoms with Crippen LogP contribution in [0.5, 0.6) is 0 Å². The lowest BCUT2D eigenvalue weighted by atomic mass is 9.82. The molecule has 4 N–H and O–H groups in total. The molecule has 10 heteroatoms. The number of carbonyl (C=O) groups is 3. The number of ketones is 2. The van der Waals surface area contributed by atoms with Crippen molar-refractivity contribution in [1.29, 1.82) is 0 Å². The lowest BCUT2D eigenvalue weighted by Gasteiger charge is -2.39. The summed E-state index contributed by atoms with van der Waals surface area (Å²) in [6.45, 7) is 3.25. The van der Waals surface area contributed by atoms with Gasteiger partial charge in [0, 0.05) is 44.0 Å². The Morgan fingerprint density at radius 3 is 2.87 bits per heavy atom. The van der Waals surface area contributed by atoms with Crippen LogP contribution in [0.15, 0.2) is 22.5 Å². The van der Waals surface area contributed by atoms with E-state index in [1.807, 2.05) is 4.90 Å². The number of rotatable bonds is 6. The van der Waals surface area contributed by atoms with E-state index in [1.54, 1.807) is 14.0 Å². The Morgan fingerprint density at radius 1 is 1.40 bits per heavy atom. The van der Waals surface area contributed by atoms with Crippen LogP contribution in [0.4, 0.5) is 4.79 Å². The van der Waals surface area contributed by atoms with E-state index in [9.17, 15) is 14.4 Å². The van der Waals surface area contributed by atoms with Gasteiger partial charge in [0.15, 0.2) is 5.72 Å². The molecule has 30 heavy (non-hydrogen) atoms. The molecule has 162 valence electrons. The molecule has 5 rings (SSSR count). The maximum atomic E-state index is 13.6. The van der Waals surface area contributed by atoms with E-state index >= 15 is 0 Å². The first-order chi connectivity index (χ1) is 14.4. The van der Waals surface area contributed by atoms with E-state index in [2.05, 4.69) is 10.6 Å². The largest absolute Gasteiger partial charge is 0.449 e. The number of ether oxygens (including phenoxy) is 3. The Morgan fingerprint density at radius 2 is 2.20 bits per heavy atom. The average molecular weight is 418 g/mol. The van der Waals surface area contributed by atoms with E-state index in [0.717, 1.165) is 12.8 Å². The summed E-state index contributed by atoms with van der Waals surface area (Å²) in [5.41, 5.74) is 5.59. The zero-order valence-corrected chi connectivity index (χ0v) is 17.0. The predicted octanol–water partition coefficient (Wildman–Crippen LogP) is -0.841. The maximum absolute atomic E-state index is 13.6. The Kier molecular flexibility index (Phi) is 4.42. The Balaban J connectivity index is 1.50. The summed E-state index contributed by atoms with van der Waals surface area (Å²) >= 11 is 0. The number of carbonyl (C=O) groups excluding carboxylic acids is 3. The fourth-order valence-corrected chi connectivity index (χ4v) is 5.52.